The second-order valence-electron chi connectivity index (χ2n) is 6.42. The number of nitrogens with one attached hydrogen (secondary N) is 1. The Balaban J connectivity index is 0.00000148. The Morgan fingerprint density at radius 3 is 2.41 bits per heavy atom. The molecule has 2 amide bonds. The largest absolute Gasteiger partial charge is 0.439 e. The predicted octanol–water partition coefficient (Wildman–Crippen LogP) is 3.69. The second-order valence-corrected chi connectivity index (χ2v) is 6.83. The van der Waals surface area contributed by atoms with Gasteiger partial charge in [0, 0.05) is 6.54 Å². The number of rotatable bonds is 3. The smallest absolute Gasteiger partial charge is 0.414 e. The lowest BCUT2D eigenvalue weighted by molar-refractivity contribution is -0.118. The van der Waals surface area contributed by atoms with Crippen LogP contribution in [0, 0.1) is 13.8 Å². The summed E-state index contributed by atoms with van der Waals surface area (Å²) in [6.07, 6.45) is 1.30. The molecule has 0 fully saturated rings. The van der Waals surface area contributed by atoms with Crippen molar-refractivity contribution < 1.29 is 23.9 Å². The molecule has 1 heterocycles. The minimum atomic E-state index is -0.509. The van der Waals surface area contributed by atoms with E-state index in [1.165, 1.54) is 7.05 Å². The summed E-state index contributed by atoms with van der Waals surface area (Å²) in [4.78, 5) is 42.2. The average Bonchev–Trinajstić information content (AvgIpc) is 2.83. The minimum Gasteiger partial charge on any atom is -0.439 e. The topological polar surface area (TPSA) is 119 Å². The number of amides is 2. The quantitative estimate of drug-likeness (QED) is 0.716. The summed E-state index contributed by atoms with van der Waals surface area (Å²) in [6.45, 7) is 8.11. The number of benzene rings is 2. The maximum absolute atomic E-state index is 12.5. The second kappa shape index (κ2) is 15.6. The van der Waals surface area contributed by atoms with E-state index in [1.54, 1.807) is 17.0 Å². The van der Waals surface area contributed by atoms with Gasteiger partial charge in [0.25, 0.3) is 5.91 Å². The standard InChI is InChI=1S/C20H21ClN2O3.CH5N.2CH2O/c1-13-8-9-17(16(21)11-13)22-18(24)12-26-20(25)23-10-4-7-15-6-3-5-14(2)19(15)23;3*1-2/h3,5-6,8-9,11H,4,7,10,12H2,1-2H3,(H,22,24);2H2,1H3;2*1H2. The van der Waals surface area contributed by atoms with Crippen LogP contribution in [-0.2, 0) is 25.5 Å². The van der Waals surface area contributed by atoms with Gasteiger partial charge in [-0.1, -0.05) is 35.9 Å². The van der Waals surface area contributed by atoms with Gasteiger partial charge in [-0.25, -0.2) is 4.79 Å². The Kier molecular flexibility index (Phi) is 14.0. The SMILES string of the molecule is C=O.C=O.CN.Cc1ccc(NC(=O)COC(=O)N2CCCc3cccc(C)c32)c(Cl)c1. The number of fused-ring (bicyclic) bond motifs is 1. The van der Waals surface area contributed by atoms with Crippen LogP contribution < -0.4 is 16.0 Å². The summed E-state index contributed by atoms with van der Waals surface area (Å²) in [7, 11) is 1.50. The molecule has 0 bridgehead atoms. The van der Waals surface area contributed by atoms with E-state index in [1.807, 2.05) is 51.7 Å². The number of hydrogen-bond donors (Lipinski definition) is 2. The number of carbonyl (C=O) groups is 4. The van der Waals surface area contributed by atoms with E-state index in [2.05, 4.69) is 11.1 Å². The molecule has 32 heavy (non-hydrogen) atoms. The van der Waals surface area contributed by atoms with Crippen LogP contribution in [-0.4, -0.2) is 45.8 Å². The fourth-order valence-corrected chi connectivity index (χ4v) is 3.43. The summed E-state index contributed by atoms with van der Waals surface area (Å²) >= 11 is 6.10. The van der Waals surface area contributed by atoms with Crippen molar-refractivity contribution in [3.05, 3.63) is 58.1 Å². The molecule has 174 valence electrons. The summed E-state index contributed by atoms with van der Waals surface area (Å²) in [5.74, 6) is -0.425. The zero-order valence-electron chi connectivity index (χ0n) is 18.7. The molecular weight excluding hydrogens is 434 g/mol. The molecular formula is C23H30ClN3O5. The highest BCUT2D eigenvalue weighted by atomic mass is 35.5. The van der Waals surface area contributed by atoms with Gasteiger partial charge in [-0.2, -0.15) is 0 Å². The molecule has 0 unspecified atom stereocenters. The molecule has 0 spiro atoms. The normalized spacial score (nSPS) is 11.1. The van der Waals surface area contributed by atoms with Gasteiger partial charge in [-0.05, 0) is 62.6 Å². The van der Waals surface area contributed by atoms with Crippen LogP contribution in [0.4, 0.5) is 16.2 Å². The fourth-order valence-electron chi connectivity index (χ4n) is 3.14. The van der Waals surface area contributed by atoms with Gasteiger partial charge >= 0.3 is 6.09 Å². The van der Waals surface area contributed by atoms with E-state index < -0.39 is 12.0 Å². The molecule has 0 saturated carbocycles. The molecule has 1 aliphatic heterocycles. The number of nitrogens with zero attached hydrogens (tertiary/aromatic N) is 1. The zero-order chi connectivity index (χ0) is 24.7. The lowest BCUT2D eigenvalue weighted by Crippen LogP contribution is -2.37. The first-order chi connectivity index (χ1) is 15.5. The third kappa shape index (κ3) is 8.13. The molecule has 2 aromatic rings. The molecule has 9 heteroatoms. The first-order valence-corrected chi connectivity index (χ1v) is 10.1. The van der Waals surface area contributed by atoms with Crippen LogP contribution in [0.2, 0.25) is 5.02 Å². The number of carbonyl (C=O) groups excluding carboxylic acids is 4. The van der Waals surface area contributed by atoms with Crippen molar-refractivity contribution in [2.24, 2.45) is 5.73 Å². The average molecular weight is 464 g/mol. The van der Waals surface area contributed by atoms with Gasteiger partial charge in [-0.3, -0.25) is 9.69 Å². The maximum atomic E-state index is 12.5. The van der Waals surface area contributed by atoms with Gasteiger partial charge in [-0.15, -0.1) is 0 Å². The van der Waals surface area contributed by atoms with E-state index >= 15 is 0 Å². The van der Waals surface area contributed by atoms with Gasteiger partial charge in [0.15, 0.2) is 6.61 Å². The van der Waals surface area contributed by atoms with Crippen molar-refractivity contribution in [1.29, 1.82) is 0 Å². The van der Waals surface area contributed by atoms with Crippen molar-refractivity contribution in [3.8, 4) is 0 Å². The van der Waals surface area contributed by atoms with Crippen molar-refractivity contribution in [2.75, 3.05) is 30.4 Å². The lowest BCUT2D eigenvalue weighted by atomic mass is 9.99. The van der Waals surface area contributed by atoms with E-state index in [-0.39, 0.29) is 6.61 Å². The van der Waals surface area contributed by atoms with Crippen molar-refractivity contribution >= 4 is 48.6 Å². The molecule has 0 atom stereocenters. The first kappa shape index (κ1) is 28.8. The summed E-state index contributed by atoms with van der Waals surface area (Å²) < 4.78 is 5.22. The van der Waals surface area contributed by atoms with Crippen LogP contribution >= 0.6 is 11.6 Å². The third-order valence-electron chi connectivity index (χ3n) is 4.36. The van der Waals surface area contributed by atoms with Crippen molar-refractivity contribution in [3.63, 3.8) is 0 Å². The van der Waals surface area contributed by atoms with Crippen LogP contribution in [0.15, 0.2) is 36.4 Å². The predicted molar refractivity (Wildman–Crippen MR) is 127 cm³/mol. The Labute approximate surface area is 193 Å². The number of anilines is 2. The number of aryl methyl sites for hydroxylation is 3. The maximum Gasteiger partial charge on any atom is 0.414 e. The van der Waals surface area contributed by atoms with Crippen LogP contribution in [0.25, 0.3) is 0 Å². The fraction of sp³-hybridized carbons (Fsp3) is 0.304. The summed E-state index contributed by atoms with van der Waals surface area (Å²) in [6, 6.07) is 11.3. The highest BCUT2D eigenvalue weighted by Gasteiger charge is 2.25. The molecule has 2 aromatic carbocycles. The highest BCUT2D eigenvalue weighted by Crippen LogP contribution is 2.31. The number of nitrogens with two attached hydrogens (primary N) is 1. The number of ether oxygens (including phenoxy) is 1. The third-order valence-corrected chi connectivity index (χ3v) is 4.68. The number of para-hydroxylation sites is 1. The Morgan fingerprint density at radius 2 is 1.78 bits per heavy atom. The molecule has 8 nitrogen and oxygen atoms in total. The van der Waals surface area contributed by atoms with Gasteiger partial charge < -0.3 is 25.4 Å². The van der Waals surface area contributed by atoms with E-state index in [0.29, 0.717) is 17.3 Å². The van der Waals surface area contributed by atoms with Crippen LogP contribution in [0.5, 0.6) is 0 Å². The number of hydrogen-bond acceptors (Lipinski definition) is 6. The molecule has 1 aliphatic rings. The van der Waals surface area contributed by atoms with E-state index in [9.17, 15) is 9.59 Å². The number of halogens is 1. The first-order valence-electron chi connectivity index (χ1n) is 9.70. The van der Waals surface area contributed by atoms with E-state index in [4.69, 9.17) is 25.9 Å². The van der Waals surface area contributed by atoms with Crippen molar-refractivity contribution in [2.45, 2.75) is 26.7 Å². The molecule has 3 N–H and O–H groups in total. The van der Waals surface area contributed by atoms with Gasteiger partial charge in [0.2, 0.25) is 0 Å². The molecule has 0 saturated heterocycles. The van der Waals surface area contributed by atoms with Gasteiger partial charge in [0.1, 0.15) is 13.6 Å². The molecule has 0 radical (unpaired) electrons. The lowest BCUT2D eigenvalue weighted by Gasteiger charge is -2.30. The summed E-state index contributed by atoms with van der Waals surface area (Å²) in [5, 5.41) is 3.11. The summed E-state index contributed by atoms with van der Waals surface area (Å²) in [5.41, 5.74) is 9.04. The Bertz CT molecular complexity index is 890. The molecule has 0 aliphatic carbocycles. The van der Waals surface area contributed by atoms with E-state index in [0.717, 1.165) is 35.2 Å². The minimum absolute atomic E-state index is 0.360. The monoisotopic (exact) mass is 463 g/mol. The zero-order valence-corrected chi connectivity index (χ0v) is 19.4. The highest BCUT2D eigenvalue weighted by molar-refractivity contribution is 6.33. The van der Waals surface area contributed by atoms with Crippen LogP contribution in [0.1, 0.15) is 23.1 Å². The van der Waals surface area contributed by atoms with Gasteiger partial charge in [0.05, 0.1) is 16.4 Å². The van der Waals surface area contributed by atoms with Crippen LogP contribution in [0.3, 0.4) is 0 Å². The molecule has 0 aromatic heterocycles. The molecule has 3 rings (SSSR count). The Morgan fingerprint density at radius 1 is 1.12 bits per heavy atom. The Hall–Kier alpha value is -3.23. The van der Waals surface area contributed by atoms with Crippen molar-refractivity contribution in [1.82, 2.24) is 0 Å².